The number of pyridine rings is 1. The molecule has 0 radical (unpaired) electrons. The zero-order chi connectivity index (χ0) is 13.2. The SMILES string of the molecule is CC(C)Oc1ncccc1CNC(C1CC1)C1CC1. The monoisotopic (exact) mass is 260 g/mol. The van der Waals surface area contributed by atoms with Crippen molar-refractivity contribution in [1.29, 1.82) is 0 Å². The van der Waals surface area contributed by atoms with E-state index in [1.807, 2.05) is 19.9 Å². The van der Waals surface area contributed by atoms with Crippen LogP contribution < -0.4 is 10.1 Å². The highest BCUT2D eigenvalue weighted by Gasteiger charge is 2.41. The third-order valence-electron chi connectivity index (χ3n) is 3.99. The van der Waals surface area contributed by atoms with Gasteiger partial charge in [0.1, 0.15) is 0 Å². The molecular formula is C16H24N2O. The number of aromatic nitrogens is 1. The van der Waals surface area contributed by atoms with Crippen LogP contribution in [0.1, 0.15) is 45.1 Å². The first kappa shape index (κ1) is 12.9. The van der Waals surface area contributed by atoms with Gasteiger partial charge in [-0.2, -0.15) is 0 Å². The van der Waals surface area contributed by atoms with Crippen molar-refractivity contribution in [2.45, 2.75) is 58.2 Å². The zero-order valence-electron chi connectivity index (χ0n) is 11.9. The van der Waals surface area contributed by atoms with Gasteiger partial charge in [0.2, 0.25) is 5.88 Å². The molecule has 1 heterocycles. The summed E-state index contributed by atoms with van der Waals surface area (Å²) >= 11 is 0. The van der Waals surface area contributed by atoms with E-state index in [9.17, 15) is 0 Å². The van der Waals surface area contributed by atoms with Crippen LogP contribution in [0.4, 0.5) is 0 Å². The molecule has 0 spiro atoms. The Morgan fingerprint density at radius 3 is 2.53 bits per heavy atom. The number of rotatable bonds is 7. The van der Waals surface area contributed by atoms with E-state index >= 15 is 0 Å². The molecule has 2 aliphatic rings. The van der Waals surface area contributed by atoms with E-state index < -0.39 is 0 Å². The fraction of sp³-hybridized carbons (Fsp3) is 0.688. The molecule has 2 saturated carbocycles. The summed E-state index contributed by atoms with van der Waals surface area (Å²) in [5.74, 6) is 2.65. The van der Waals surface area contributed by atoms with Crippen LogP contribution in [-0.2, 0) is 6.54 Å². The van der Waals surface area contributed by atoms with Crippen molar-refractivity contribution >= 4 is 0 Å². The molecule has 0 saturated heterocycles. The fourth-order valence-corrected chi connectivity index (χ4v) is 2.74. The molecule has 3 rings (SSSR count). The van der Waals surface area contributed by atoms with Gasteiger partial charge < -0.3 is 10.1 Å². The van der Waals surface area contributed by atoms with Crippen LogP contribution >= 0.6 is 0 Å². The van der Waals surface area contributed by atoms with Crippen LogP contribution in [0.5, 0.6) is 5.88 Å². The van der Waals surface area contributed by atoms with Crippen molar-refractivity contribution in [2.24, 2.45) is 11.8 Å². The number of hydrogen-bond donors (Lipinski definition) is 1. The summed E-state index contributed by atoms with van der Waals surface area (Å²) in [6, 6.07) is 4.84. The minimum absolute atomic E-state index is 0.177. The zero-order valence-corrected chi connectivity index (χ0v) is 11.9. The normalized spacial score (nSPS) is 19.2. The van der Waals surface area contributed by atoms with Crippen molar-refractivity contribution in [3.05, 3.63) is 23.9 Å². The predicted molar refractivity (Wildman–Crippen MR) is 76.1 cm³/mol. The largest absolute Gasteiger partial charge is 0.475 e. The molecule has 1 aromatic rings. The van der Waals surface area contributed by atoms with Gasteiger partial charge in [-0.15, -0.1) is 0 Å². The Morgan fingerprint density at radius 2 is 1.95 bits per heavy atom. The molecule has 3 nitrogen and oxygen atoms in total. The second kappa shape index (κ2) is 5.49. The molecule has 2 aliphatic carbocycles. The predicted octanol–water partition coefficient (Wildman–Crippen LogP) is 3.15. The molecule has 19 heavy (non-hydrogen) atoms. The topological polar surface area (TPSA) is 34.1 Å². The first-order chi connectivity index (χ1) is 9.24. The summed E-state index contributed by atoms with van der Waals surface area (Å²) in [4.78, 5) is 4.36. The number of ether oxygens (including phenoxy) is 1. The van der Waals surface area contributed by atoms with Gasteiger partial charge in [0.05, 0.1) is 6.10 Å². The highest BCUT2D eigenvalue weighted by Crippen LogP contribution is 2.44. The maximum Gasteiger partial charge on any atom is 0.218 e. The minimum atomic E-state index is 0.177. The van der Waals surface area contributed by atoms with Crippen LogP contribution in [-0.4, -0.2) is 17.1 Å². The summed E-state index contributed by atoms with van der Waals surface area (Å²) < 4.78 is 5.78. The number of hydrogen-bond acceptors (Lipinski definition) is 3. The first-order valence-corrected chi connectivity index (χ1v) is 7.58. The molecule has 0 bridgehead atoms. The van der Waals surface area contributed by atoms with Crippen molar-refractivity contribution in [1.82, 2.24) is 10.3 Å². The highest BCUT2D eigenvalue weighted by atomic mass is 16.5. The standard InChI is InChI=1S/C16H24N2O/c1-11(2)19-16-14(4-3-9-17-16)10-18-15(12-5-6-12)13-7-8-13/h3-4,9,11-13,15,18H,5-8,10H2,1-2H3. The molecule has 0 unspecified atom stereocenters. The Kier molecular flexibility index (Phi) is 3.74. The summed E-state index contributed by atoms with van der Waals surface area (Å²) in [7, 11) is 0. The van der Waals surface area contributed by atoms with Crippen LogP contribution in [0.3, 0.4) is 0 Å². The Bertz CT molecular complexity index is 413. The summed E-state index contributed by atoms with van der Waals surface area (Å²) in [5, 5.41) is 3.75. The van der Waals surface area contributed by atoms with Gasteiger partial charge in [0.15, 0.2) is 0 Å². The minimum Gasteiger partial charge on any atom is -0.475 e. The second-order valence-electron chi connectivity index (χ2n) is 6.22. The van der Waals surface area contributed by atoms with E-state index in [1.54, 1.807) is 6.20 Å². The van der Waals surface area contributed by atoms with E-state index in [2.05, 4.69) is 16.4 Å². The van der Waals surface area contributed by atoms with E-state index in [0.29, 0.717) is 0 Å². The second-order valence-corrected chi connectivity index (χ2v) is 6.22. The number of nitrogens with zero attached hydrogens (tertiary/aromatic N) is 1. The van der Waals surface area contributed by atoms with E-state index in [0.717, 1.165) is 30.3 Å². The van der Waals surface area contributed by atoms with Crippen molar-refractivity contribution < 1.29 is 4.74 Å². The van der Waals surface area contributed by atoms with Crippen LogP contribution in [0, 0.1) is 11.8 Å². The van der Waals surface area contributed by atoms with Gasteiger partial charge in [-0.1, -0.05) is 6.07 Å². The van der Waals surface area contributed by atoms with Gasteiger partial charge in [-0.25, -0.2) is 4.98 Å². The summed E-state index contributed by atoms with van der Waals surface area (Å²) in [6.45, 7) is 4.97. The molecule has 0 aromatic carbocycles. The Hall–Kier alpha value is -1.09. The lowest BCUT2D eigenvalue weighted by Gasteiger charge is -2.19. The molecule has 0 atom stereocenters. The average Bonchev–Trinajstić information content (AvgIpc) is 3.25. The van der Waals surface area contributed by atoms with Crippen LogP contribution in [0.2, 0.25) is 0 Å². The summed E-state index contributed by atoms with van der Waals surface area (Å²) in [6.07, 6.45) is 7.64. The molecule has 2 fully saturated rings. The van der Waals surface area contributed by atoms with Crippen LogP contribution in [0.15, 0.2) is 18.3 Å². The van der Waals surface area contributed by atoms with Gasteiger partial charge in [-0.3, -0.25) is 0 Å². The maximum absolute atomic E-state index is 5.78. The smallest absolute Gasteiger partial charge is 0.218 e. The first-order valence-electron chi connectivity index (χ1n) is 7.58. The quantitative estimate of drug-likeness (QED) is 0.817. The van der Waals surface area contributed by atoms with Crippen molar-refractivity contribution in [3.63, 3.8) is 0 Å². The Balaban J connectivity index is 1.62. The molecule has 1 aromatic heterocycles. The summed E-state index contributed by atoms with van der Waals surface area (Å²) in [5.41, 5.74) is 1.18. The molecular weight excluding hydrogens is 236 g/mol. The van der Waals surface area contributed by atoms with Gasteiger partial charge in [0.25, 0.3) is 0 Å². The van der Waals surface area contributed by atoms with Crippen LogP contribution in [0.25, 0.3) is 0 Å². The molecule has 0 aliphatic heterocycles. The van der Waals surface area contributed by atoms with Crippen molar-refractivity contribution in [3.8, 4) is 5.88 Å². The van der Waals surface area contributed by atoms with Crippen molar-refractivity contribution in [2.75, 3.05) is 0 Å². The Morgan fingerprint density at radius 1 is 1.26 bits per heavy atom. The lowest BCUT2D eigenvalue weighted by atomic mass is 10.1. The lowest BCUT2D eigenvalue weighted by Crippen LogP contribution is -2.32. The third kappa shape index (κ3) is 3.47. The fourth-order valence-electron chi connectivity index (χ4n) is 2.74. The molecule has 3 heteroatoms. The average molecular weight is 260 g/mol. The molecule has 1 N–H and O–H groups in total. The van der Waals surface area contributed by atoms with Gasteiger partial charge in [-0.05, 0) is 57.4 Å². The lowest BCUT2D eigenvalue weighted by molar-refractivity contribution is 0.229. The maximum atomic E-state index is 5.78. The molecule has 0 amide bonds. The van der Waals surface area contributed by atoms with E-state index in [4.69, 9.17) is 4.74 Å². The Labute approximate surface area is 115 Å². The number of nitrogens with one attached hydrogen (secondary N) is 1. The van der Waals surface area contributed by atoms with Gasteiger partial charge in [0, 0.05) is 24.3 Å². The highest BCUT2D eigenvalue weighted by molar-refractivity contribution is 5.25. The third-order valence-corrected chi connectivity index (χ3v) is 3.99. The van der Waals surface area contributed by atoms with Gasteiger partial charge >= 0.3 is 0 Å². The molecule has 104 valence electrons. The van der Waals surface area contributed by atoms with E-state index in [-0.39, 0.29) is 6.10 Å². The van der Waals surface area contributed by atoms with E-state index in [1.165, 1.54) is 31.2 Å².